The molecule has 1 aliphatic carbocycles. The van der Waals surface area contributed by atoms with Crippen LogP contribution in [-0.2, 0) is 9.47 Å². The zero-order valence-electron chi connectivity index (χ0n) is 9.36. The van der Waals surface area contributed by atoms with Crippen LogP contribution < -0.4 is 0 Å². The van der Waals surface area contributed by atoms with Crippen molar-refractivity contribution in [2.45, 2.75) is 50.7 Å². The zero-order chi connectivity index (χ0) is 10.5. The van der Waals surface area contributed by atoms with Gasteiger partial charge in [0.2, 0.25) is 0 Å². The summed E-state index contributed by atoms with van der Waals surface area (Å²) in [6, 6.07) is 0. The lowest BCUT2D eigenvalue weighted by molar-refractivity contribution is -0.0375. The van der Waals surface area contributed by atoms with Crippen LogP contribution in [-0.4, -0.2) is 37.1 Å². The molecular formula is C12H22O3. The molecule has 0 aromatic carbocycles. The quantitative estimate of drug-likeness (QED) is 0.777. The van der Waals surface area contributed by atoms with E-state index in [0.29, 0.717) is 12.0 Å². The van der Waals surface area contributed by atoms with Crippen LogP contribution in [0.2, 0.25) is 0 Å². The first kappa shape index (κ1) is 11.4. The molecule has 0 aromatic rings. The van der Waals surface area contributed by atoms with Gasteiger partial charge in [-0.1, -0.05) is 0 Å². The molecule has 15 heavy (non-hydrogen) atoms. The first-order valence-electron chi connectivity index (χ1n) is 6.22. The van der Waals surface area contributed by atoms with Gasteiger partial charge < -0.3 is 14.6 Å². The second-order valence-corrected chi connectivity index (χ2v) is 4.82. The van der Waals surface area contributed by atoms with Crippen LogP contribution >= 0.6 is 0 Å². The Labute approximate surface area is 91.8 Å². The highest BCUT2D eigenvalue weighted by Gasteiger charge is 2.21. The van der Waals surface area contributed by atoms with E-state index in [0.717, 1.165) is 58.3 Å². The molecule has 3 nitrogen and oxygen atoms in total. The fourth-order valence-corrected chi connectivity index (χ4v) is 2.40. The lowest BCUT2D eigenvalue weighted by Crippen LogP contribution is -2.28. The Hall–Kier alpha value is -0.120. The predicted octanol–water partition coefficient (Wildman–Crippen LogP) is 1.73. The van der Waals surface area contributed by atoms with E-state index in [2.05, 4.69) is 0 Å². The maximum Gasteiger partial charge on any atom is 0.0577 e. The van der Waals surface area contributed by atoms with Crippen molar-refractivity contribution >= 4 is 0 Å². The van der Waals surface area contributed by atoms with Crippen LogP contribution in [0, 0.1) is 5.92 Å². The van der Waals surface area contributed by atoms with Crippen molar-refractivity contribution in [3.05, 3.63) is 0 Å². The molecule has 88 valence electrons. The second kappa shape index (κ2) is 5.83. The van der Waals surface area contributed by atoms with Gasteiger partial charge in [0.15, 0.2) is 0 Å². The minimum absolute atomic E-state index is 0.0760. The number of rotatable bonds is 3. The first-order chi connectivity index (χ1) is 7.34. The largest absolute Gasteiger partial charge is 0.393 e. The molecule has 0 aromatic heterocycles. The lowest BCUT2D eigenvalue weighted by atomic mass is 9.95. The monoisotopic (exact) mass is 214 g/mol. The topological polar surface area (TPSA) is 38.7 Å². The fourth-order valence-electron chi connectivity index (χ4n) is 2.40. The van der Waals surface area contributed by atoms with E-state index in [9.17, 15) is 5.11 Å². The van der Waals surface area contributed by atoms with Gasteiger partial charge in [-0.15, -0.1) is 0 Å². The van der Waals surface area contributed by atoms with E-state index < -0.39 is 0 Å². The standard InChI is InChI=1S/C12H22O3/c13-11-1-3-12(4-2-11)15-9-10-5-7-14-8-6-10/h10-13H,1-9H2. The van der Waals surface area contributed by atoms with Gasteiger partial charge in [0.1, 0.15) is 0 Å². The summed E-state index contributed by atoms with van der Waals surface area (Å²) in [6.45, 7) is 2.69. The molecule has 0 amide bonds. The molecule has 2 rings (SSSR count). The summed E-state index contributed by atoms with van der Waals surface area (Å²) in [5, 5.41) is 9.37. The lowest BCUT2D eigenvalue weighted by Gasteiger charge is -2.28. The second-order valence-electron chi connectivity index (χ2n) is 4.82. The molecule has 0 bridgehead atoms. The van der Waals surface area contributed by atoms with Crippen molar-refractivity contribution in [3.63, 3.8) is 0 Å². The Balaban J connectivity index is 1.60. The Bertz CT molecular complexity index is 170. The molecule has 0 unspecified atom stereocenters. The summed E-state index contributed by atoms with van der Waals surface area (Å²) >= 11 is 0. The van der Waals surface area contributed by atoms with E-state index in [1.54, 1.807) is 0 Å². The molecule has 1 heterocycles. The summed E-state index contributed by atoms with van der Waals surface area (Å²) in [5.41, 5.74) is 0. The summed E-state index contributed by atoms with van der Waals surface area (Å²) in [6.07, 6.45) is 6.51. The van der Waals surface area contributed by atoms with Gasteiger partial charge in [-0.05, 0) is 44.4 Å². The fraction of sp³-hybridized carbons (Fsp3) is 1.00. The van der Waals surface area contributed by atoms with Gasteiger partial charge in [-0.25, -0.2) is 0 Å². The first-order valence-corrected chi connectivity index (χ1v) is 6.22. The van der Waals surface area contributed by atoms with Gasteiger partial charge in [-0.3, -0.25) is 0 Å². The third-order valence-corrected chi connectivity index (χ3v) is 3.55. The van der Waals surface area contributed by atoms with Crippen LogP contribution in [0.15, 0.2) is 0 Å². The highest BCUT2D eigenvalue weighted by molar-refractivity contribution is 4.72. The normalized spacial score (nSPS) is 34.2. The van der Waals surface area contributed by atoms with E-state index in [1.807, 2.05) is 0 Å². The van der Waals surface area contributed by atoms with Gasteiger partial charge >= 0.3 is 0 Å². The highest BCUT2D eigenvalue weighted by Crippen LogP contribution is 2.23. The molecule has 0 spiro atoms. The smallest absolute Gasteiger partial charge is 0.0577 e. The number of aliphatic hydroxyl groups excluding tert-OH is 1. The van der Waals surface area contributed by atoms with Gasteiger partial charge in [0.05, 0.1) is 12.2 Å². The van der Waals surface area contributed by atoms with Crippen molar-refractivity contribution in [2.75, 3.05) is 19.8 Å². The summed E-state index contributed by atoms with van der Waals surface area (Å²) < 4.78 is 11.2. The molecule has 3 heteroatoms. The number of hydrogen-bond donors (Lipinski definition) is 1. The van der Waals surface area contributed by atoms with Crippen molar-refractivity contribution < 1.29 is 14.6 Å². The minimum atomic E-state index is -0.0760. The number of hydrogen-bond acceptors (Lipinski definition) is 3. The molecule has 2 fully saturated rings. The van der Waals surface area contributed by atoms with Crippen LogP contribution in [0.25, 0.3) is 0 Å². The Morgan fingerprint density at radius 2 is 1.67 bits per heavy atom. The SMILES string of the molecule is OC1CCC(OCC2CCOCC2)CC1. The van der Waals surface area contributed by atoms with Gasteiger partial charge in [0.25, 0.3) is 0 Å². The highest BCUT2D eigenvalue weighted by atomic mass is 16.5. The zero-order valence-corrected chi connectivity index (χ0v) is 9.36. The molecule has 1 saturated carbocycles. The minimum Gasteiger partial charge on any atom is -0.393 e. The van der Waals surface area contributed by atoms with Crippen molar-refractivity contribution in [1.29, 1.82) is 0 Å². The van der Waals surface area contributed by atoms with E-state index in [4.69, 9.17) is 9.47 Å². The Morgan fingerprint density at radius 3 is 2.33 bits per heavy atom. The van der Waals surface area contributed by atoms with E-state index >= 15 is 0 Å². The van der Waals surface area contributed by atoms with E-state index in [1.165, 1.54) is 0 Å². The Morgan fingerprint density at radius 1 is 1.00 bits per heavy atom. The number of aliphatic hydroxyl groups is 1. The average Bonchev–Trinajstić information content (AvgIpc) is 2.30. The molecule has 1 saturated heterocycles. The molecule has 2 aliphatic rings. The van der Waals surface area contributed by atoms with Crippen LogP contribution in [0.5, 0.6) is 0 Å². The van der Waals surface area contributed by atoms with Crippen molar-refractivity contribution in [1.82, 2.24) is 0 Å². The summed E-state index contributed by atoms with van der Waals surface area (Å²) in [4.78, 5) is 0. The number of ether oxygens (including phenoxy) is 2. The van der Waals surface area contributed by atoms with Crippen molar-refractivity contribution in [3.8, 4) is 0 Å². The average molecular weight is 214 g/mol. The molecule has 1 N–H and O–H groups in total. The molecule has 1 aliphatic heterocycles. The van der Waals surface area contributed by atoms with Crippen LogP contribution in [0.3, 0.4) is 0 Å². The third kappa shape index (κ3) is 3.74. The third-order valence-electron chi connectivity index (χ3n) is 3.55. The molecule has 0 radical (unpaired) electrons. The van der Waals surface area contributed by atoms with Gasteiger partial charge in [-0.2, -0.15) is 0 Å². The van der Waals surface area contributed by atoms with Crippen LogP contribution in [0.4, 0.5) is 0 Å². The molecular weight excluding hydrogens is 192 g/mol. The van der Waals surface area contributed by atoms with Crippen LogP contribution in [0.1, 0.15) is 38.5 Å². The predicted molar refractivity (Wildman–Crippen MR) is 57.8 cm³/mol. The van der Waals surface area contributed by atoms with Gasteiger partial charge in [0, 0.05) is 19.8 Å². The maximum absolute atomic E-state index is 9.37. The maximum atomic E-state index is 9.37. The van der Waals surface area contributed by atoms with E-state index in [-0.39, 0.29) is 6.10 Å². The summed E-state index contributed by atoms with van der Waals surface area (Å²) in [7, 11) is 0. The Kier molecular flexibility index (Phi) is 4.42. The van der Waals surface area contributed by atoms with Crippen molar-refractivity contribution in [2.24, 2.45) is 5.92 Å². The molecule has 0 atom stereocenters. The summed E-state index contributed by atoms with van der Waals surface area (Å²) in [5.74, 6) is 0.700.